The Labute approximate surface area is 169 Å². The Morgan fingerprint density at radius 2 is 2.17 bits per heavy atom. The molecule has 1 heterocycles. The molecule has 1 aromatic heterocycles. The zero-order valence-electron chi connectivity index (χ0n) is 16.7. The van der Waals surface area contributed by atoms with Crippen LogP contribution in [0.4, 0.5) is 4.39 Å². The quantitative estimate of drug-likeness (QED) is 0.475. The van der Waals surface area contributed by atoms with Gasteiger partial charge >= 0.3 is 5.97 Å². The smallest absolute Gasteiger partial charge is 0.330 e. The summed E-state index contributed by atoms with van der Waals surface area (Å²) in [7, 11) is 1.37. The molecule has 5 heteroatoms. The lowest BCUT2D eigenvalue weighted by Gasteiger charge is -2.14. The first kappa shape index (κ1) is 19.4. The van der Waals surface area contributed by atoms with Crippen molar-refractivity contribution in [2.75, 3.05) is 13.7 Å². The number of esters is 1. The highest BCUT2D eigenvalue weighted by atomic mass is 19.1. The molecular weight excluding hydrogens is 367 g/mol. The molecular formula is C24H25FN2O2. The molecule has 0 aliphatic heterocycles. The third-order valence-corrected chi connectivity index (χ3v) is 5.71. The Morgan fingerprint density at radius 1 is 1.31 bits per heavy atom. The number of halogens is 1. The summed E-state index contributed by atoms with van der Waals surface area (Å²) < 4.78 is 18.3. The normalized spacial score (nSPS) is 15.9. The fourth-order valence-corrected chi connectivity index (χ4v) is 4.23. The summed E-state index contributed by atoms with van der Waals surface area (Å²) in [4.78, 5) is 14.6. The number of aromatic amines is 1. The van der Waals surface area contributed by atoms with Gasteiger partial charge in [0.15, 0.2) is 0 Å². The predicted molar refractivity (Wildman–Crippen MR) is 113 cm³/mol. The van der Waals surface area contributed by atoms with E-state index >= 15 is 0 Å². The van der Waals surface area contributed by atoms with Gasteiger partial charge in [0.05, 0.1) is 7.11 Å². The fourth-order valence-electron chi connectivity index (χ4n) is 4.23. The number of H-pyrrole nitrogens is 1. The molecule has 150 valence electrons. The molecule has 2 aromatic carbocycles. The molecule has 1 atom stereocenters. The van der Waals surface area contributed by atoms with E-state index in [9.17, 15) is 9.18 Å². The fraction of sp³-hybridized carbons (Fsp3) is 0.292. The second-order valence-electron chi connectivity index (χ2n) is 7.53. The molecule has 1 unspecified atom stereocenters. The minimum absolute atomic E-state index is 0.201. The molecule has 0 saturated heterocycles. The summed E-state index contributed by atoms with van der Waals surface area (Å²) in [5, 5.41) is 4.63. The maximum atomic E-state index is 13.7. The Bertz CT molecular complexity index is 1080. The van der Waals surface area contributed by atoms with E-state index in [2.05, 4.69) is 27.2 Å². The minimum atomic E-state index is -0.350. The number of hydrogen-bond donors (Lipinski definition) is 2. The molecule has 4 rings (SSSR count). The maximum absolute atomic E-state index is 13.7. The number of carbonyl (C=O) groups is 1. The Balaban J connectivity index is 1.42. The molecule has 0 spiro atoms. The van der Waals surface area contributed by atoms with Gasteiger partial charge in [-0.15, -0.1) is 0 Å². The number of methoxy groups -OCH3 is 1. The first-order chi connectivity index (χ1) is 14.0. The third-order valence-electron chi connectivity index (χ3n) is 5.71. The zero-order chi connectivity index (χ0) is 20.4. The number of aromatic nitrogens is 1. The van der Waals surface area contributed by atoms with E-state index < -0.39 is 0 Å². The monoisotopic (exact) mass is 392 g/mol. The molecule has 3 aromatic rings. The second-order valence-corrected chi connectivity index (χ2v) is 7.53. The van der Waals surface area contributed by atoms with Crippen LogP contribution in [0.3, 0.4) is 0 Å². The lowest BCUT2D eigenvalue weighted by atomic mass is 10.0. The van der Waals surface area contributed by atoms with Crippen molar-refractivity contribution in [1.82, 2.24) is 10.3 Å². The van der Waals surface area contributed by atoms with Crippen LogP contribution in [-0.4, -0.2) is 24.6 Å². The number of benzene rings is 2. The molecule has 0 bridgehead atoms. The SMILES string of the molecule is COC(=O)C=Cc1ccc2c(c1)CCC2NCCc1c(C)[nH]c2ccc(F)cc12. The van der Waals surface area contributed by atoms with Crippen molar-refractivity contribution in [3.63, 3.8) is 0 Å². The van der Waals surface area contributed by atoms with E-state index in [0.717, 1.165) is 48.0 Å². The molecule has 0 radical (unpaired) electrons. The molecule has 1 aliphatic rings. The predicted octanol–water partition coefficient (Wildman–Crippen LogP) is 4.62. The molecule has 1 aliphatic carbocycles. The molecule has 0 fully saturated rings. The van der Waals surface area contributed by atoms with Crippen molar-refractivity contribution >= 4 is 22.9 Å². The van der Waals surface area contributed by atoms with Gasteiger partial charge in [-0.3, -0.25) is 0 Å². The first-order valence-corrected chi connectivity index (χ1v) is 9.94. The summed E-state index contributed by atoms with van der Waals surface area (Å²) in [5.41, 5.74) is 6.90. The molecule has 2 N–H and O–H groups in total. The molecule has 29 heavy (non-hydrogen) atoms. The van der Waals surface area contributed by atoms with Crippen LogP contribution in [0.1, 0.15) is 40.4 Å². The van der Waals surface area contributed by atoms with Gasteiger partial charge in [-0.1, -0.05) is 18.2 Å². The minimum Gasteiger partial charge on any atom is -0.466 e. The number of fused-ring (bicyclic) bond motifs is 2. The second kappa shape index (κ2) is 8.21. The van der Waals surface area contributed by atoms with Crippen LogP contribution in [0, 0.1) is 12.7 Å². The highest BCUT2D eigenvalue weighted by Crippen LogP contribution is 2.32. The number of hydrogen-bond acceptors (Lipinski definition) is 3. The third kappa shape index (κ3) is 4.10. The summed E-state index contributed by atoms with van der Waals surface area (Å²) in [5.74, 6) is -0.551. The van der Waals surface area contributed by atoms with E-state index in [0.29, 0.717) is 6.04 Å². The summed E-state index contributed by atoms with van der Waals surface area (Å²) in [6.07, 6.45) is 6.15. The summed E-state index contributed by atoms with van der Waals surface area (Å²) in [6, 6.07) is 11.5. The Kier molecular flexibility index (Phi) is 5.49. The van der Waals surface area contributed by atoms with Crippen molar-refractivity contribution in [3.05, 3.63) is 76.2 Å². The highest BCUT2D eigenvalue weighted by Gasteiger charge is 2.22. The van der Waals surface area contributed by atoms with Crippen LogP contribution >= 0.6 is 0 Å². The highest BCUT2D eigenvalue weighted by molar-refractivity contribution is 5.87. The number of ether oxygens (including phenoxy) is 1. The van der Waals surface area contributed by atoms with Crippen LogP contribution in [-0.2, 0) is 22.4 Å². The van der Waals surface area contributed by atoms with Gasteiger partial charge in [0.1, 0.15) is 5.82 Å². The van der Waals surface area contributed by atoms with Gasteiger partial charge in [-0.2, -0.15) is 0 Å². The van der Waals surface area contributed by atoms with Gasteiger partial charge < -0.3 is 15.0 Å². The molecule has 0 amide bonds. The van der Waals surface area contributed by atoms with Gasteiger partial charge in [0.2, 0.25) is 0 Å². The van der Waals surface area contributed by atoms with Crippen molar-refractivity contribution in [3.8, 4) is 0 Å². The Hall–Kier alpha value is -2.92. The van der Waals surface area contributed by atoms with E-state index in [1.165, 1.54) is 35.9 Å². The van der Waals surface area contributed by atoms with Crippen molar-refractivity contribution in [1.29, 1.82) is 0 Å². The average molecular weight is 392 g/mol. The van der Waals surface area contributed by atoms with E-state index in [1.54, 1.807) is 18.2 Å². The number of aryl methyl sites for hydroxylation is 2. The van der Waals surface area contributed by atoms with Crippen LogP contribution in [0.15, 0.2) is 42.5 Å². The first-order valence-electron chi connectivity index (χ1n) is 9.94. The Morgan fingerprint density at radius 3 is 3.00 bits per heavy atom. The molecule has 4 nitrogen and oxygen atoms in total. The standard InChI is InChI=1S/C24H25FN2O2/c1-15-19(21-14-18(25)6-9-23(21)27-15)11-12-26-22-8-5-17-13-16(3-7-20(17)22)4-10-24(28)29-2/h3-4,6-7,9-10,13-14,22,26-27H,5,8,11-12H2,1-2H3. The van der Waals surface area contributed by atoms with Crippen LogP contribution in [0.25, 0.3) is 17.0 Å². The topological polar surface area (TPSA) is 54.1 Å². The van der Waals surface area contributed by atoms with Gasteiger partial charge in [0.25, 0.3) is 0 Å². The van der Waals surface area contributed by atoms with Crippen LogP contribution in [0.5, 0.6) is 0 Å². The summed E-state index contributed by atoms with van der Waals surface area (Å²) in [6.45, 7) is 2.87. The van der Waals surface area contributed by atoms with Crippen molar-refractivity contribution < 1.29 is 13.9 Å². The zero-order valence-corrected chi connectivity index (χ0v) is 16.7. The maximum Gasteiger partial charge on any atom is 0.330 e. The van der Waals surface area contributed by atoms with Crippen LogP contribution in [0.2, 0.25) is 0 Å². The lowest BCUT2D eigenvalue weighted by molar-refractivity contribution is -0.134. The van der Waals surface area contributed by atoms with Crippen molar-refractivity contribution in [2.45, 2.75) is 32.2 Å². The average Bonchev–Trinajstić information content (AvgIpc) is 3.26. The van der Waals surface area contributed by atoms with E-state index in [-0.39, 0.29) is 11.8 Å². The molecule has 0 saturated carbocycles. The number of rotatable bonds is 6. The van der Waals surface area contributed by atoms with Gasteiger partial charge in [-0.05, 0) is 79.3 Å². The van der Waals surface area contributed by atoms with Crippen molar-refractivity contribution in [2.24, 2.45) is 0 Å². The van der Waals surface area contributed by atoms with Crippen LogP contribution < -0.4 is 5.32 Å². The van der Waals surface area contributed by atoms with Gasteiger partial charge in [0, 0.05) is 28.7 Å². The number of nitrogens with one attached hydrogen (secondary N) is 2. The largest absolute Gasteiger partial charge is 0.466 e. The summed E-state index contributed by atoms with van der Waals surface area (Å²) >= 11 is 0. The van der Waals surface area contributed by atoms with E-state index in [1.807, 2.05) is 13.0 Å². The van der Waals surface area contributed by atoms with Gasteiger partial charge in [-0.25, -0.2) is 9.18 Å². The lowest BCUT2D eigenvalue weighted by Crippen LogP contribution is -2.22. The van der Waals surface area contributed by atoms with E-state index in [4.69, 9.17) is 0 Å². The number of carbonyl (C=O) groups excluding carboxylic acids is 1.